The highest BCUT2D eigenvalue weighted by Crippen LogP contribution is 2.20. The van der Waals surface area contributed by atoms with Crippen LogP contribution in [0.2, 0.25) is 0 Å². The van der Waals surface area contributed by atoms with Crippen molar-refractivity contribution >= 4 is 40.0 Å². The van der Waals surface area contributed by atoms with Crippen LogP contribution in [0.1, 0.15) is 18.9 Å². The monoisotopic (exact) mass is 480 g/mol. The van der Waals surface area contributed by atoms with E-state index in [9.17, 15) is 8.42 Å². The molecule has 1 saturated heterocycles. The summed E-state index contributed by atoms with van der Waals surface area (Å²) in [6, 6.07) is 10.6. The third-order valence-corrected chi connectivity index (χ3v) is 5.68. The van der Waals surface area contributed by atoms with E-state index < -0.39 is 10.0 Å². The van der Waals surface area contributed by atoms with Gasteiger partial charge in [0.05, 0.1) is 5.75 Å². The quantitative estimate of drug-likeness (QED) is 0.270. The maximum Gasteiger partial charge on any atom is 0.211 e. The van der Waals surface area contributed by atoms with Gasteiger partial charge < -0.3 is 10.2 Å². The zero-order valence-electron chi connectivity index (χ0n) is 14.9. The summed E-state index contributed by atoms with van der Waals surface area (Å²) in [6.45, 7) is 4.50. The molecule has 0 spiro atoms. The molecule has 0 amide bonds. The molecule has 2 N–H and O–H groups in total. The fourth-order valence-electron chi connectivity index (χ4n) is 2.95. The van der Waals surface area contributed by atoms with E-state index in [2.05, 4.69) is 44.2 Å². The largest absolute Gasteiger partial charge is 0.355 e. The van der Waals surface area contributed by atoms with Crippen LogP contribution in [0.5, 0.6) is 0 Å². The van der Waals surface area contributed by atoms with Crippen molar-refractivity contribution in [3.8, 4) is 0 Å². The van der Waals surface area contributed by atoms with Gasteiger partial charge >= 0.3 is 0 Å². The first-order chi connectivity index (χ1) is 11.5. The molecule has 1 heterocycles. The van der Waals surface area contributed by atoms with Crippen molar-refractivity contribution < 1.29 is 8.42 Å². The molecule has 1 unspecified atom stereocenters. The number of rotatable bonds is 7. The van der Waals surface area contributed by atoms with Crippen molar-refractivity contribution in [2.75, 3.05) is 39.0 Å². The van der Waals surface area contributed by atoms with Crippen LogP contribution in [-0.2, 0) is 16.4 Å². The summed E-state index contributed by atoms with van der Waals surface area (Å²) in [6.07, 6.45) is 2.24. The van der Waals surface area contributed by atoms with E-state index in [0.717, 1.165) is 31.9 Å². The van der Waals surface area contributed by atoms with Crippen molar-refractivity contribution in [3.63, 3.8) is 0 Å². The van der Waals surface area contributed by atoms with Crippen LogP contribution in [0.3, 0.4) is 0 Å². The van der Waals surface area contributed by atoms with Gasteiger partial charge in [0.1, 0.15) is 0 Å². The summed E-state index contributed by atoms with van der Waals surface area (Å²) >= 11 is 0. The Morgan fingerprint density at radius 1 is 1.28 bits per heavy atom. The van der Waals surface area contributed by atoms with Crippen LogP contribution in [0.25, 0.3) is 0 Å². The number of sulfonamides is 1. The van der Waals surface area contributed by atoms with Gasteiger partial charge in [-0.1, -0.05) is 30.3 Å². The smallest absolute Gasteiger partial charge is 0.211 e. The van der Waals surface area contributed by atoms with E-state index in [1.165, 1.54) is 5.56 Å². The van der Waals surface area contributed by atoms with Crippen molar-refractivity contribution in [2.45, 2.75) is 19.8 Å². The molecule has 0 aromatic heterocycles. The zero-order valence-corrected chi connectivity index (χ0v) is 18.1. The van der Waals surface area contributed by atoms with Gasteiger partial charge in [-0.05, 0) is 31.2 Å². The Labute approximate surface area is 168 Å². The maximum absolute atomic E-state index is 11.4. The molecule has 1 aromatic rings. The van der Waals surface area contributed by atoms with E-state index in [1.807, 2.05) is 6.07 Å². The minimum atomic E-state index is -3.13. The van der Waals surface area contributed by atoms with Gasteiger partial charge in [0.15, 0.2) is 5.96 Å². The average molecular weight is 480 g/mol. The van der Waals surface area contributed by atoms with Crippen LogP contribution in [0.15, 0.2) is 35.3 Å². The maximum atomic E-state index is 11.4. The molecule has 1 atom stereocenters. The van der Waals surface area contributed by atoms with Gasteiger partial charge in [-0.25, -0.2) is 13.1 Å². The van der Waals surface area contributed by atoms with Crippen LogP contribution in [0.4, 0.5) is 0 Å². The number of aliphatic imine (C=N–C) groups is 1. The Hall–Kier alpha value is -0.870. The topological polar surface area (TPSA) is 73.8 Å². The van der Waals surface area contributed by atoms with Crippen LogP contribution >= 0.6 is 24.0 Å². The van der Waals surface area contributed by atoms with Gasteiger partial charge in [0.25, 0.3) is 0 Å². The summed E-state index contributed by atoms with van der Waals surface area (Å²) < 4.78 is 25.4. The number of hydrogen-bond donors (Lipinski definition) is 2. The van der Waals surface area contributed by atoms with Gasteiger partial charge in [0.2, 0.25) is 10.0 Å². The predicted molar refractivity (Wildman–Crippen MR) is 114 cm³/mol. The van der Waals surface area contributed by atoms with Crippen molar-refractivity contribution in [3.05, 3.63) is 35.9 Å². The number of nitrogens with zero attached hydrogens (tertiary/aromatic N) is 2. The van der Waals surface area contributed by atoms with Crippen LogP contribution in [-0.4, -0.2) is 58.3 Å². The SMILES string of the molecule is CCS(=O)(=O)NCCNC(=NC)N1CCC(Cc2ccccc2)C1.I. The highest BCUT2D eigenvalue weighted by atomic mass is 127. The lowest BCUT2D eigenvalue weighted by atomic mass is 9.99. The van der Waals surface area contributed by atoms with Gasteiger partial charge in [-0.15, -0.1) is 24.0 Å². The number of guanidine groups is 1. The molecule has 25 heavy (non-hydrogen) atoms. The predicted octanol–water partition coefficient (Wildman–Crippen LogP) is 1.68. The highest BCUT2D eigenvalue weighted by molar-refractivity contribution is 14.0. The van der Waals surface area contributed by atoms with Crippen molar-refractivity contribution in [1.82, 2.24) is 14.9 Å². The highest BCUT2D eigenvalue weighted by Gasteiger charge is 2.24. The molecular weight excluding hydrogens is 451 g/mol. The third kappa shape index (κ3) is 7.49. The summed E-state index contributed by atoms with van der Waals surface area (Å²) in [7, 11) is -1.36. The number of hydrogen-bond acceptors (Lipinski definition) is 3. The zero-order chi connectivity index (χ0) is 17.4. The lowest BCUT2D eigenvalue weighted by Gasteiger charge is -2.22. The standard InChI is InChI=1S/C17H28N4O2S.HI/c1-3-24(22,23)20-11-10-19-17(18-2)21-12-9-16(14-21)13-15-7-5-4-6-8-15;/h4-8,16,20H,3,9-14H2,1-2H3,(H,18,19);1H. The Kier molecular flexibility index (Phi) is 9.73. The summed E-state index contributed by atoms with van der Waals surface area (Å²) in [5.74, 6) is 1.58. The lowest BCUT2D eigenvalue weighted by Crippen LogP contribution is -2.43. The second-order valence-corrected chi connectivity index (χ2v) is 8.16. The average Bonchev–Trinajstić information content (AvgIpc) is 3.04. The van der Waals surface area contributed by atoms with E-state index >= 15 is 0 Å². The fraction of sp³-hybridized carbons (Fsp3) is 0.588. The van der Waals surface area contributed by atoms with Crippen molar-refractivity contribution in [2.24, 2.45) is 10.9 Å². The van der Waals surface area contributed by atoms with Gasteiger partial charge in [0, 0.05) is 33.2 Å². The molecule has 0 aliphatic carbocycles. The number of benzene rings is 1. The lowest BCUT2D eigenvalue weighted by molar-refractivity contribution is 0.460. The Bertz CT molecular complexity index is 637. The van der Waals surface area contributed by atoms with Crippen molar-refractivity contribution in [1.29, 1.82) is 0 Å². The molecule has 0 bridgehead atoms. The normalized spacial score (nSPS) is 18.1. The molecule has 6 nitrogen and oxygen atoms in total. The Balaban J connectivity index is 0.00000312. The molecular formula is C17H29IN4O2S. The first-order valence-corrected chi connectivity index (χ1v) is 10.2. The first kappa shape index (κ1) is 22.2. The van der Waals surface area contributed by atoms with Gasteiger partial charge in [-0.3, -0.25) is 4.99 Å². The molecule has 0 radical (unpaired) electrons. The molecule has 1 aliphatic rings. The molecule has 1 aromatic carbocycles. The second-order valence-electron chi connectivity index (χ2n) is 6.06. The summed E-state index contributed by atoms with van der Waals surface area (Å²) in [5, 5.41) is 3.24. The van der Waals surface area contributed by atoms with E-state index in [-0.39, 0.29) is 29.7 Å². The number of likely N-dealkylation sites (tertiary alicyclic amines) is 1. The fourth-order valence-corrected chi connectivity index (χ4v) is 3.57. The van der Waals surface area contributed by atoms with E-state index in [1.54, 1.807) is 14.0 Å². The molecule has 2 rings (SSSR count). The van der Waals surface area contributed by atoms with Crippen LogP contribution < -0.4 is 10.0 Å². The molecule has 1 fully saturated rings. The molecule has 142 valence electrons. The summed E-state index contributed by atoms with van der Waals surface area (Å²) in [4.78, 5) is 6.57. The third-order valence-electron chi connectivity index (χ3n) is 4.27. The molecule has 1 aliphatic heterocycles. The Morgan fingerprint density at radius 3 is 2.64 bits per heavy atom. The van der Waals surface area contributed by atoms with Gasteiger partial charge in [-0.2, -0.15) is 0 Å². The van der Waals surface area contributed by atoms with E-state index in [4.69, 9.17) is 0 Å². The van der Waals surface area contributed by atoms with Crippen LogP contribution in [0, 0.1) is 5.92 Å². The second kappa shape index (κ2) is 11.0. The number of nitrogens with one attached hydrogen (secondary N) is 2. The minimum Gasteiger partial charge on any atom is -0.355 e. The number of halogens is 1. The summed E-state index contributed by atoms with van der Waals surface area (Å²) in [5.41, 5.74) is 1.38. The molecule has 0 saturated carbocycles. The van der Waals surface area contributed by atoms with E-state index in [0.29, 0.717) is 19.0 Å². The molecule has 8 heteroatoms. The first-order valence-electron chi connectivity index (χ1n) is 8.51. The Morgan fingerprint density at radius 2 is 2.00 bits per heavy atom. The minimum absolute atomic E-state index is 0.